The van der Waals surface area contributed by atoms with Gasteiger partial charge in [0.05, 0.1) is 11.8 Å². The molecule has 98 valence electrons. The van der Waals surface area contributed by atoms with Gasteiger partial charge in [0.2, 0.25) is 0 Å². The average molecular weight is 247 g/mol. The predicted molar refractivity (Wildman–Crippen MR) is 74.9 cm³/mol. The van der Waals surface area contributed by atoms with Crippen LogP contribution in [0.4, 0.5) is 5.82 Å². The van der Waals surface area contributed by atoms with E-state index in [0.29, 0.717) is 0 Å². The second kappa shape index (κ2) is 5.82. The highest BCUT2D eigenvalue weighted by molar-refractivity contribution is 5.86. The zero-order valence-corrected chi connectivity index (χ0v) is 11.3. The Hall–Kier alpha value is -1.62. The maximum atomic E-state index is 4.44. The lowest BCUT2D eigenvalue weighted by Crippen LogP contribution is -2.30. The monoisotopic (exact) mass is 247 g/mol. The maximum absolute atomic E-state index is 4.44. The number of anilines is 1. The summed E-state index contributed by atoms with van der Waals surface area (Å²) < 4.78 is 2.02. The van der Waals surface area contributed by atoms with Crippen LogP contribution in [0.15, 0.2) is 18.6 Å². The van der Waals surface area contributed by atoms with Gasteiger partial charge >= 0.3 is 0 Å². The summed E-state index contributed by atoms with van der Waals surface area (Å²) in [4.78, 5) is 11.0. The van der Waals surface area contributed by atoms with Crippen molar-refractivity contribution >= 4 is 16.9 Å². The van der Waals surface area contributed by atoms with Gasteiger partial charge in [-0.05, 0) is 19.0 Å². The zero-order chi connectivity index (χ0) is 13.0. The molecule has 2 rings (SSSR count). The van der Waals surface area contributed by atoms with E-state index >= 15 is 0 Å². The largest absolute Gasteiger partial charge is 0.357 e. The molecule has 0 saturated heterocycles. The van der Waals surface area contributed by atoms with Gasteiger partial charge in [-0.1, -0.05) is 6.92 Å². The maximum Gasteiger partial charge on any atom is 0.156 e. The summed E-state index contributed by atoms with van der Waals surface area (Å²) >= 11 is 0. The summed E-state index contributed by atoms with van der Waals surface area (Å²) in [6.45, 7) is 5.14. The van der Waals surface area contributed by atoms with Crippen molar-refractivity contribution in [1.29, 1.82) is 0 Å². The third kappa shape index (κ3) is 2.61. The van der Waals surface area contributed by atoms with Crippen molar-refractivity contribution in [2.75, 3.05) is 31.6 Å². The minimum absolute atomic E-state index is 0.933. The Kier molecular flexibility index (Phi) is 4.15. The minimum atomic E-state index is 0.933. The number of rotatable bonds is 6. The van der Waals surface area contributed by atoms with Gasteiger partial charge in [-0.15, -0.1) is 0 Å². The van der Waals surface area contributed by atoms with E-state index in [0.717, 1.165) is 42.9 Å². The molecule has 0 aromatic carbocycles. The molecule has 18 heavy (non-hydrogen) atoms. The number of pyridine rings is 1. The lowest BCUT2D eigenvalue weighted by atomic mass is 10.3. The molecular weight excluding hydrogens is 226 g/mol. The standard InChI is InChI=1S/C13H21N5/c1-4-6-14-8-9-17(2)13-12-11(5-7-15-13)18(3)10-16-12/h5,7,10,14H,4,6,8-9H2,1-3H3. The molecular formula is C13H21N5. The second-order valence-corrected chi connectivity index (χ2v) is 4.53. The quantitative estimate of drug-likeness (QED) is 0.784. The lowest BCUT2D eigenvalue weighted by Gasteiger charge is -2.18. The van der Waals surface area contributed by atoms with Gasteiger partial charge in [0, 0.05) is 33.4 Å². The fraction of sp³-hybridized carbons (Fsp3) is 0.538. The zero-order valence-electron chi connectivity index (χ0n) is 11.3. The number of likely N-dealkylation sites (N-methyl/N-ethyl adjacent to an activating group) is 1. The van der Waals surface area contributed by atoms with Gasteiger partial charge in [0.25, 0.3) is 0 Å². The number of nitrogens with zero attached hydrogens (tertiary/aromatic N) is 4. The molecule has 2 aromatic rings. The van der Waals surface area contributed by atoms with Gasteiger partial charge < -0.3 is 14.8 Å². The minimum Gasteiger partial charge on any atom is -0.357 e. The van der Waals surface area contributed by atoms with E-state index in [2.05, 4.69) is 34.2 Å². The van der Waals surface area contributed by atoms with Crippen molar-refractivity contribution in [3.63, 3.8) is 0 Å². The molecule has 0 amide bonds. The Bertz CT molecular complexity index is 505. The number of fused-ring (bicyclic) bond motifs is 1. The normalized spacial score (nSPS) is 11.1. The van der Waals surface area contributed by atoms with E-state index < -0.39 is 0 Å². The van der Waals surface area contributed by atoms with Crippen LogP contribution < -0.4 is 10.2 Å². The SMILES string of the molecule is CCCNCCN(C)c1nccc2c1ncn2C. The molecule has 0 atom stereocenters. The predicted octanol–water partition coefficient (Wildman–Crippen LogP) is 1.40. The first kappa shape index (κ1) is 12.8. The lowest BCUT2D eigenvalue weighted by molar-refractivity contribution is 0.664. The summed E-state index contributed by atoms with van der Waals surface area (Å²) in [5.41, 5.74) is 2.09. The molecule has 1 N–H and O–H groups in total. The molecule has 2 heterocycles. The second-order valence-electron chi connectivity index (χ2n) is 4.53. The van der Waals surface area contributed by atoms with E-state index in [1.807, 2.05) is 30.2 Å². The smallest absolute Gasteiger partial charge is 0.156 e. The number of hydrogen-bond acceptors (Lipinski definition) is 4. The van der Waals surface area contributed by atoms with Crippen molar-refractivity contribution in [3.8, 4) is 0 Å². The van der Waals surface area contributed by atoms with E-state index in [4.69, 9.17) is 0 Å². The summed E-state index contributed by atoms with van der Waals surface area (Å²) in [6.07, 6.45) is 4.84. The Labute approximate surface area is 108 Å². The van der Waals surface area contributed by atoms with Crippen LogP contribution >= 0.6 is 0 Å². The number of hydrogen-bond donors (Lipinski definition) is 1. The molecule has 0 saturated carbocycles. The highest BCUT2D eigenvalue weighted by atomic mass is 15.2. The first-order valence-electron chi connectivity index (χ1n) is 6.42. The summed E-state index contributed by atoms with van der Waals surface area (Å²) in [5.74, 6) is 0.950. The van der Waals surface area contributed by atoms with Gasteiger partial charge in [0.1, 0.15) is 5.52 Å². The van der Waals surface area contributed by atoms with Gasteiger partial charge in [-0.3, -0.25) is 0 Å². The summed E-state index contributed by atoms with van der Waals surface area (Å²) in [7, 11) is 4.06. The van der Waals surface area contributed by atoms with Gasteiger partial charge in [-0.25, -0.2) is 9.97 Å². The van der Waals surface area contributed by atoms with E-state index in [-0.39, 0.29) is 0 Å². The Morgan fingerprint density at radius 2 is 2.17 bits per heavy atom. The Morgan fingerprint density at radius 1 is 1.33 bits per heavy atom. The fourth-order valence-electron chi connectivity index (χ4n) is 1.98. The first-order chi connectivity index (χ1) is 8.74. The molecule has 0 unspecified atom stereocenters. The molecule has 2 aromatic heterocycles. The Morgan fingerprint density at radius 3 is 2.94 bits per heavy atom. The van der Waals surface area contributed by atoms with E-state index in [1.165, 1.54) is 0 Å². The Balaban J connectivity index is 2.10. The summed E-state index contributed by atoms with van der Waals surface area (Å²) in [6, 6.07) is 2.00. The summed E-state index contributed by atoms with van der Waals surface area (Å²) in [5, 5.41) is 3.39. The van der Waals surface area contributed by atoms with Crippen LogP contribution in [0, 0.1) is 0 Å². The van der Waals surface area contributed by atoms with Crippen LogP contribution in [0.5, 0.6) is 0 Å². The van der Waals surface area contributed by atoms with Crippen LogP contribution in [0.3, 0.4) is 0 Å². The molecule has 0 bridgehead atoms. The molecule has 5 nitrogen and oxygen atoms in total. The number of nitrogens with one attached hydrogen (secondary N) is 1. The van der Waals surface area contributed by atoms with Crippen LogP contribution in [-0.4, -0.2) is 41.2 Å². The van der Waals surface area contributed by atoms with Crippen molar-refractivity contribution < 1.29 is 0 Å². The van der Waals surface area contributed by atoms with Crippen LogP contribution in [0.1, 0.15) is 13.3 Å². The number of imidazole rings is 1. The third-order valence-electron chi connectivity index (χ3n) is 3.04. The first-order valence-corrected chi connectivity index (χ1v) is 6.42. The highest BCUT2D eigenvalue weighted by Gasteiger charge is 2.10. The molecule has 0 aliphatic rings. The fourth-order valence-corrected chi connectivity index (χ4v) is 1.98. The highest BCUT2D eigenvalue weighted by Crippen LogP contribution is 2.20. The number of aryl methyl sites for hydroxylation is 1. The van der Waals surface area contributed by atoms with Crippen LogP contribution in [0.2, 0.25) is 0 Å². The van der Waals surface area contributed by atoms with Crippen molar-refractivity contribution in [1.82, 2.24) is 19.9 Å². The molecule has 0 fully saturated rings. The molecule has 5 heteroatoms. The van der Waals surface area contributed by atoms with Crippen LogP contribution in [-0.2, 0) is 7.05 Å². The van der Waals surface area contributed by atoms with Gasteiger partial charge in [-0.2, -0.15) is 0 Å². The molecule has 0 radical (unpaired) electrons. The van der Waals surface area contributed by atoms with E-state index in [1.54, 1.807) is 0 Å². The molecule has 0 aliphatic carbocycles. The van der Waals surface area contributed by atoms with Crippen molar-refractivity contribution in [3.05, 3.63) is 18.6 Å². The third-order valence-corrected chi connectivity index (χ3v) is 3.04. The van der Waals surface area contributed by atoms with Crippen molar-refractivity contribution in [2.45, 2.75) is 13.3 Å². The average Bonchev–Trinajstić information content (AvgIpc) is 2.76. The number of aromatic nitrogens is 3. The van der Waals surface area contributed by atoms with E-state index in [9.17, 15) is 0 Å². The molecule has 0 spiro atoms. The van der Waals surface area contributed by atoms with Gasteiger partial charge in [0.15, 0.2) is 5.82 Å². The van der Waals surface area contributed by atoms with Crippen LogP contribution in [0.25, 0.3) is 11.0 Å². The molecule has 0 aliphatic heterocycles. The van der Waals surface area contributed by atoms with Crippen molar-refractivity contribution in [2.24, 2.45) is 7.05 Å². The topological polar surface area (TPSA) is 46.0 Å².